The van der Waals surface area contributed by atoms with Crippen LogP contribution in [-0.2, 0) is 15.0 Å². The zero-order chi connectivity index (χ0) is 12.1. The third-order valence-electron chi connectivity index (χ3n) is 2.12. The van der Waals surface area contributed by atoms with E-state index in [1.807, 2.05) is 0 Å². The van der Waals surface area contributed by atoms with Crippen LogP contribution in [-0.4, -0.2) is 38.1 Å². The summed E-state index contributed by atoms with van der Waals surface area (Å²) in [7, 11) is -3.49. The van der Waals surface area contributed by atoms with Gasteiger partial charge in [0.1, 0.15) is 5.78 Å². The van der Waals surface area contributed by atoms with E-state index in [0.29, 0.717) is 13.1 Å². The second kappa shape index (κ2) is 6.19. The molecule has 1 N–H and O–H groups in total. The SMILES string of the molecule is CCN(CC)S(=O)(=O)NCC(=O)C(C)C. The Morgan fingerprint density at radius 2 is 1.73 bits per heavy atom. The van der Waals surface area contributed by atoms with Crippen molar-refractivity contribution in [2.45, 2.75) is 27.7 Å². The minimum absolute atomic E-state index is 0.106. The van der Waals surface area contributed by atoms with E-state index >= 15 is 0 Å². The fraction of sp³-hybridized carbons (Fsp3) is 0.889. The molecule has 0 aliphatic heterocycles. The van der Waals surface area contributed by atoms with E-state index in [2.05, 4.69) is 4.72 Å². The maximum Gasteiger partial charge on any atom is 0.279 e. The van der Waals surface area contributed by atoms with Gasteiger partial charge in [0.05, 0.1) is 6.54 Å². The van der Waals surface area contributed by atoms with Crippen LogP contribution < -0.4 is 4.72 Å². The number of rotatable bonds is 7. The molecule has 0 heterocycles. The number of carbonyl (C=O) groups excluding carboxylic acids is 1. The van der Waals surface area contributed by atoms with Crippen LogP contribution in [0.25, 0.3) is 0 Å². The van der Waals surface area contributed by atoms with Crippen LogP contribution in [0.4, 0.5) is 0 Å². The Labute approximate surface area is 92.0 Å². The van der Waals surface area contributed by atoms with E-state index in [9.17, 15) is 13.2 Å². The van der Waals surface area contributed by atoms with E-state index in [0.717, 1.165) is 0 Å². The highest BCUT2D eigenvalue weighted by atomic mass is 32.2. The highest BCUT2D eigenvalue weighted by Crippen LogP contribution is 1.98. The molecule has 0 rings (SSSR count). The molecule has 6 heteroatoms. The van der Waals surface area contributed by atoms with Gasteiger partial charge in [0, 0.05) is 19.0 Å². The summed E-state index contributed by atoms with van der Waals surface area (Å²) in [4.78, 5) is 11.2. The quantitative estimate of drug-likeness (QED) is 0.695. The van der Waals surface area contributed by atoms with E-state index in [1.165, 1.54) is 4.31 Å². The van der Waals surface area contributed by atoms with Crippen molar-refractivity contribution >= 4 is 16.0 Å². The summed E-state index contributed by atoms with van der Waals surface area (Å²) >= 11 is 0. The molecule has 0 radical (unpaired) electrons. The molecule has 0 aromatic heterocycles. The fourth-order valence-corrected chi connectivity index (χ4v) is 2.21. The van der Waals surface area contributed by atoms with Gasteiger partial charge in [-0.3, -0.25) is 4.79 Å². The van der Waals surface area contributed by atoms with Gasteiger partial charge >= 0.3 is 0 Å². The van der Waals surface area contributed by atoms with Crippen molar-refractivity contribution in [2.24, 2.45) is 5.92 Å². The molecule has 0 saturated carbocycles. The molecule has 0 aromatic carbocycles. The first-order chi connectivity index (χ1) is 6.85. The van der Waals surface area contributed by atoms with Crippen LogP contribution in [0.1, 0.15) is 27.7 Å². The number of Topliss-reactive ketones (excluding diaryl/α,β-unsaturated/α-hetero) is 1. The number of nitrogens with zero attached hydrogens (tertiary/aromatic N) is 1. The molecular weight excluding hydrogens is 216 g/mol. The van der Waals surface area contributed by atoms with Crippen LogP contribution in [0, 0.1) is 5.92 Å². The molecule has 0 aromatic rings. The van der Waals surface area contributed by atoms with Crippen molar-refractivity contribution < 1.29 is 13.2 Å². The van der Waals surface area contributed by atoms with Gasteiger partial charge in [-0.25, -0.2) is 0 Å². The molecule has 5 nitrogen and oxygen atoms in total. The van der Waals surface area contributed by atoms with Crippen molar-refractivity contribution in [2.75, 3.05) is 19.6 Å². The Morgan fingerprint density at radius 3 is 2.07 bits per heavy atom. The summed E-state index contributed by atoms with van der Waals surface area (Å²) in [5, 5.41) is 0. The lowest BCUT2D eigenvalue weighted by Crippen LogP contribution is -2.43. The Morgan fingerprint density at radius 1 is 1.27 bits per heavy atom. The van der Waals surface area contributed by atoms with E-state index in [-0.39, 0.29) is 18.2 Å². The summed E-state index contributed by atoms with van der Waals surface area (Å²) in [5.74, 6) is -0.255. The average Bonchev–Trinajstić information content (AvgIpc) is 2.15. The van der Waals surface area contributed by atoms with Gasteiger partial charge in [-0.1, -0.05) is 27.7 Å². The standard InChI is InChI=1S/C9H20N2O3S/c1-5-11(6-2)15(13,14)10-7-9(12)8(3)4/h8,10H,5-7H2,1-4H3. The molecule has 0 aliphatic carbocycles. The molecule has 0 saturated heterocycles. The van der Waals surface area contributed by atoms with Gasteiger partial charge in [-0.15, -0.1) is 0 Å². The average molecular weight is 236 g/mol. The Kier molecular flexibility index (Phi) is 6.00. The van der Waals surface area contributed by atoms with Gasteiger partial charge in [-0.05, 0) is 0 Å². The highest BCUT2D eigenvalue weighted by Gasteiger charge is 2.19. The van der Waals surface area contributed by atoms with Gasteiger partial charge in [0.2, 0.25) is 0 Å². The third kappa shape index (κ3) is 4.72. The molecule has 0 amide bonds. The summed E-state index contributed by atoms with van der Waals surface area (Å²) in [5.41, 5.74) is 0. The second-order valence-electron chi connectivity index (χ2n) is 3.53. The lowest BCUT2D eigenvalue weighted by molar-refractivity contribution is -0.120. The topological polar surface area (TPSA) is 66.5 Å². The number of carbonyl (C=O) groups is 1. The van der Waals surface area contributed by atoms with Crippen molar-refractivity contribution in [3.63, 3.8) is 0 Å². The van der Waals surface area contributed by atoms with Crippen molar-refractivity contribution in [1.29, 1.82) is 0 Å². The first-order valence-corrected chi connectivity index (χ1v) is 6.56. The van der Waals surface area contributed by atoms with Crippen LogP contribution in [0.15, 0.2) is 0 Å². The predicted molar refractivity (Wildman–Crippen MR) is 59.7 cm³/mol. The Bertz CT molecular complexity index is 294. The van der Waals surface area contributed by atoms with Crippen LogP contribution >= 0.6 is 0 Å². The van der Waals surface area contributed by atoms with Gasteiger partial charge in [0.25, 0.3) is 10.2 Å². The second-order valence-corrected chi connectivity index (χ2v) is 5.29. The summed E-state index contributed by atoms with van der Waals surface area (Å²) in [6, 6.07) is 0. The van der Waals surface area contributed by atoms with Crippen molar-refractivity contribution in [3.8, 4) is 0 Å². The largest absolute Gasteiger partial charge is 0.298 e. The molecule has 0 unspecified atom stereocenters. The maximum atomic E-state index is 11.6. The molecule has 0 spiro atoms. The minimum atomic E-state index is -3.49. The first-order valence-electron chi connectivity index (χ1n) is 5.12. The van der Waals surface area contributed by atoms with Gasteiger partial charge < -0.3 is 0 Å². The molecule has 0 bridgehead atoms. The number of nitrogens with one attached hydrogen (secondary N) is 1. The summed E-state index contributed by atoms with van der Waals surface area (Å²) in [6.07, 6.45) is 0. The minimum Gasteiger partial charge on any atom is -0.298 e. The lowest BCUT2D eigenvalue weighted by Gasteiger charge is -2.18. The molecule has 15 heavy (non-hydrogen) atoms. The molecular formula is C9H20N2O3S. The Hall–Kier alpha value is -0.460. The number of hydrogen-bond acceptors (Lipinski definition) is 3. The smallest absolute Gasteiger partial charge is 0.279 e. The normalized spacial score (nSPS) is 12.4. The van der Waals surface area contributed by atoms with E-state index in [4.69, 9.17) is 0 Å². The number of hydrogen-bond donors (Lipinski definition) is 1. The fourth-order valence-electron chi connectivity index (χ4n) is 1.02. The zero-order valence-electron chi connectivity index (χ0n) is 9.78. The third-order valence-corrected chi connectivity index (χ3v) is 3.82. The maximum absolute atomic E-state index is 11.6. The predicted octanol–water partition coefficient (Wildman–Crippen LogP) is 0.388. The lowest BCUT2D eigenvalue weighted by atomic mass is 10.1. The highest BCUT2D eigenvalue weighted by molar-refractivity contribution is 7.87. The molecule has 90 valence electrons. The molecule has 0 fully saturated rings. The summed E-state index contributed by atoms with van der Waals surface area (Å²) in [6.45, 7) is 7.68. The first kappa shape index (κ1) is 14.5. The van der Waals surface area contributed by atoms with Crippen LogP contribution in [0.3, 0.4) is 0 Å². The Balaban J connectivity index is 4.34. The summed E-state index contributed by atoms with van der Waals surface area (Å²) < 4.78 is 26.7. The number of ketones is 1. The monoisotopic (exact) mass is 236 g/mol. The van der Waals surface area contributed by atoms with Crippen molar-refractivity contribution in [1.82, 2.24) is 9.03 Å². The zero-order valence-corrected chi connectivity index (χ0v) is 10.6. The van der Waals surface area contributed by atoms with Crippen LogP contribution in [0.5, 0.6) is 0 Å². The van der Waals surface area contributed by atoms with Gasteiger partial charge in [0.15, 0.2) is 0 Å². The molecule has 0 aliphatic rings. The van der Waals surface area contributed by atoms with Crippen LogP contribution in [0.2, 0.25) is 0 Å². The van der Waals surface area contributed by atoms with E-state index in [1.54, 1.807) is 27.7 Å². The van der Waals surface area contributed by atoms with E-state index < -0.39 is 10.2 Å². The van der Waals surface area contributed by atoms with Gasteiger partial charge in [-0.2, -0.15) is 17.4 Å². The van der Waals surface area contributed by atoms with Crippen molar-refractivity contribution in [3.05, 3.63) is 0 Å². The molecule has 0 atom stereocenters.